The molecule has 0 saturated heterocycles. The monoisotopic (exact) mass is 323 g/mol. The van der Waals surface area contributed by atoms with Crippen LogP contribution in [0.25, 0.3) is 0 Å². The zero-order chi connectivity index (χ0) is 15.7. The van der Waals surface area contributed by atoms with Gasteiger partial charge in [-0.05, 0) is 18.1 Å². The standard InChI is InChI=1S/C11H15ClFN3O3S/c1-5(2)10(11(15)17)16-20(18,19)9-4-8(14)7(13)3-6(9)12/h3-5,10,16H,14H2,1-2H3,(H2,15,17). The molecule has 6 nitrogen and oxygen atoms in total. The third kappa shape index (κ3) is 3.59. The van der Waals surface area contributed by atoms with Gasteiger partial charge in [0.25, 0.3) is 0 Å². The van der Waals surface area contributed by atoms with Gasteiger partial charge in [-0.15, -0.1) is 0 Å². The molecule has 1 rings (SSSR count). The van der Waals surface area contributed by atoms with Crippen LogP contribution >= 0.6 is 11.6 Å². The smallest absolute Gasteiger partial charge is 0.242 e. The lowest BCUT2D eigenvalue weighted by molar-refractivity contribution is -0.120. The van der Waals surface area contributed by atoms with E-state index in [0.717, 1.165) is 12.1 Å². The van der Waals surface area contributed by atoms with Crippen LogP contribution in [0.15, 0.2) is 17.0 Å². The minimum atomic E-state index is -4.15. The van der Waals surface area contributed by atoms with Crippen LogP contribution in [0.3, 0.4) is 0 Å². The first-order valence-electron chi connectivity index (χ1n) is 5.62. The topological polar surface area (TPSA) is 115 Å². The van der Waals surface area contributed by atoms with Gasteiger partial charge >= 0.3 is 0 Å². The number of hydrogen-bond acceptors (Lipinski definition) is 4. The molecular formula is C11H15ClFN3O3S. The van der Waals surface area contributed by atoms with E-state index in [1.54, 1.807) is 13.8 Å². The summed E-state index contributed by atoms with van der Waals surface area (Å²) >= 11 is 5.70. The third-order valence-corrected chi connectivity index (χ3v) is 4.50. The third-order valence-electron chi connectivity index (χ3n) is 2.60. The normalized spacial score (nSPS) is 13.4. The van der Waals surface area contributed by atoms with Crippen LogP contribution in [0.2, 0.25) is 5.02 Å². The summed E-state index contributed by atoms with van der Waals surface area (Å²) in [5.41, 5.74) is 10.1. The number of carbonyl (C=O) groups is 1. The Morgan fingerprint density at radius 2 is 1.95 bits per heavy atom. The molecule has 0 spiro atoms. The predicted octanol–water partition coefficient (Wildman–Crippen LogP) is 0.850. The van der Waals surface area contributed by atoms with Gasteiger partial charge < -0.3 is 11.5 Å². The Morgan fingerprint density at radius 1 is 1.40 bits per heavy atom. The van der Waals surface area contributed by atoms with E-state index >= 15 is 0 Å². The first-order valence-corrected chi connectivity index (χ1v) is 7.48. The lowest BCUT2D eigenvalue weighted by Gasteiger charge is -2.19. The van der Waals surface area contributed by atoms with Crippen molar-refractivity contribution in [2.75, 3.05) is 5.73 Å². The highest BCUT2D eigenvalue weighted by Gasteiger charge is 2.28. The van der Waals surface area contributed by atoms with Crippen LogP contribution in [0.4, 0.5) is 10.1 Å². The second kappa shape index (κ2) is 5.94. The van der Waals surface area contributed by atoms with Crippen LogP contribution < -0.4 is 16.2 Å². The Balaban J connectivity index is 3.24. The molecule has 0 aliphatic rings. The summed E-state index contributed by atoms with van der Waals surface area (Å²) in [7, 11) is -4.15. The number of benzene rings is 1. The number of carbonyl (C=O) groups excluding carboxylic acids is 1. The van der Waals surface area contributed by atoms with Crippen LogP contribution in [-0.2, 0) is 14.8 Å². The van der Waals surface area contributed by atoms with Crippen molar-refractivity contribution < 1.29 is 17.6 Å². The lowest BCUT2D eigenvalue weighted by atomic mass is 10.1. The van der Waals surface area contributed by atoms with Gasteiger partial charge in [-0.3, -0.25) is 4.79 Å². The van der Waals surface area contributed by atoms with E-state index < -0.39 is 32.7 Å². The van der Waals surface area contributed by atoms with Crippen LogP contribution in [0.1, 0.15) is 13.8 Å². The van der Waals surface area contributed by atoms with Crippen molar-refractivity contribution in [3.63, 3.8) is 0 Å². The SMILES string of the molecule is CC(C)C(NS(=O)(=O)c1cc(N)c(F)cc1Cl)C(N)=O. The number of nitrogen functional groups attached to an aromatic ring is 1. The van der Waals surface area contributed by atoms with E-state index in [4.69, 9.17) is 23.1 Å². The van der Waals surface area contributed by atoms with E-state index in [9.17, 15) is 17.6 Å². The molecule has 1 aromatic carbocycles. The van der Waals surface area contributed by atoms with Crippen molar-refractivity contribution in [3.05, 3.63) is 23.0 Å². The molecular weight excluding hydrogens is 309 g/mol. The maximum absolute atomic E-state index is 13.2. The molecule has 5 N–H and O–H groups in total. The number of nitrogens with one attached hydrogen (secondary N) is 1. The molecule has 1 unspecified atom stereocenters. The highest BCUT2D eigenvalue weighted by Crippen LogP contribution is 2.26. The Kier molecular flexibility index (Phi) is 4.95. The average molecular weight is 324 g/mol. The van der Waals surface area contributed by atoms with Crippen molar-refractivity contribution in [1.82, 2.24) is 4.72 Å². The van der Waals surface area contributed by atoms with E-state index in [0.29, 0.717) is 0 Å². The number of sulfonamides is 1. The molecule has 0 saturated carbocycles. The van der Waals surface area contributed by atoms with Crippen LogP contribution in [0, 0.1) is 11.7 Å². The number of nitrogens with two attached hydrogens (primary N) is 2. The maximum atomic E-state index is 13.2. The largest absolute Gasteiger partial charge is 0.396 e. The van der Waals surface area contributed by atoms with Crippen molar-refractivity contribution in [2.45, 2.75) is 24.8 Å². The highest BCUT2D eigenvalue weighted by atomic mass is 35.5. The summed E-state index contributed by atoms with van der Waals surface area (Å²) in [5.74, 6) is -2.02. The molecule has 1 aromatic rings. The van der Waals surface area contributed by atoms with Gasteiger partial charge in [0.2, 0.25) is 15.9 Å². The minimum Gasteiger partial charge on any atom is -0.396 e. The van der Waals surface area contributed by atoms with Gasteiger partial charge in [0.1, 0.15) is 16.8 Å². The Hall–Kier alpha value is -1.38. The quantitative estimate of drug-likeness (QED) is 0.696. The Morgan fingerprint density at radius 3 is 2.40 bits per heavy atom. The predicted molar refractivity (Wildman–Crippen MR) is 74.0 cm³/mol. The van der Waals surface area contributed by atoms with E-state index in [2.05, 4.69) is 4.72 Å². The molecule has 9 heteroatoms. The zero-order valence-electron chi connectivity index (χ0n) is 10.9. The van der Waals surface area contributed by atoms with Gasteiger partial charge in [-0.2, -0.15) is 4.72 Å². The number of rotatable bonds is 5. The summed E-state index contributed by atoms with van der Waals surface area (Å²) in [6, 6.07) is 0.570. The van der Waals surface area contributed by atoms with Crippen molar-refractivity contribution in [2.24, 2.45) is 11.7 Å². The van der Waals surface area contributed by atoms with Crippen molar-refractivity contribution >= 4 is 33.2 Å². The van der Waals surface area contributed by atoms with Crippen molar-refractivity contribution in [1.29, 1.82) is 0 Å². The van der Waals surface area contributed by atoms with Gasteiger partial charge in [-0.25, -0.2) is 12.8 Å². The molecule has 0 radical (unpaired) electrons. The van der Waals surface area contributed by atoms with Crippen molar-refractivity contribution in [3.8, 4) is 0 Å². The summed E-state index contributed by atoms with van der Waals surface area (Å²) in [6.07, 6.45) is 0. The summed E-state index contributed by atoms with van der Waals surface area (Å²) < 4.78 is 39.6. The maximum Gasteiger partial charge on any atom is 0.242 e. The molecule has 0 aromatic heterocycles. The second-order valence-corrected chi connectivity index (χ2v) is 6.64. The van der Waals surface area contributed by atoms with Gasteiger partial charge in [0, 0.05) is 0 Å². The number of primary amides is 1. The summed E-state index contributed by atoms with van der Waals surface area (Å²) in [6.45, 7) is 3.25. The molecule has 0 bridgehead atoms. The fourth-order valence-electron chi connectivity index (χ4n) is 1.50. The molecule has 0 fully saturated rings. The molecule has 0 heterocycles. The van der Waals surface area contributed by atoms with E-state index in [1.807, 2.05) is 0 Å². The Bertz CT molecular complexity index is 634. The first-order chi connectivity index (χ1) is 9.06. The number of halogens is 2. The number of hydrogen-bond donors (Lipinski definition) is 3. The summed E-state index contributed by atoms with van der Waals surface area (Å²) in [5, 5.41) is -0.337. The van der Waals surface area contributed by atoms with E-state index in [1.165, 1.54) is 0 Å². The average Bonchev–Trinajstić information content (AvgIpc) is 2.30. The first kappa shape index (κ1) is 16.7. The molecule has 1 amide bonds. The van der Waals surface area contributed by atoms with Gasteiger partial charge in [0.05, 0.1) is 10.7 Å². The van der Waals surface area contributed by atoms with E-state index in [-0.39, 0.29) is 16.6 Å². The molecule has 0 aliphatic carbocycles. The molecule has 112 valence electrons. The second-order valence-electron chi connectivity index (χ2n) is 4.55. The lowest BCUT2D eigenvalue weighted by Crippen LogP contribution is -2.47. The van der Waals surface area contributed by atoms with Crippen LogP contribution in [-0.4, -0.2) is 20.4 Å². The highest BCUT2D eigenvalue weighted by molar-refractivity contribution is 7.89. The van der Waals surface area contributed by atoms with Crippen LogP contribution in [0.5, 0.6) is 0 Å². The minimum absolute atomic E-state index is 0.337. The van der Waals surface area contributed by atoms with Gasteiger partial charge in [-0.1, -0.05) is 25.4 Å². The molecule has 20 heavy (non-hydrogen) atoms. The fraction of sp³-hybridized carbons (Fsp3) is 0.364. The van der Waals surface area contributed by atoms with Gasteiger partial charge in [0.15, 0.2) is 0 Å². The summed E-state index contributed by atoms with van der Waals surface area (Å²) in [4.78, 5) is 10.8. The molecule has 1 atom stereocenters. The Labute approximate surface area is 121 Å². The zero-order valence-corrected chi connectivity index (χ0v) is 12.4. The fourth-order valence-corrected chi connectivity index (χ4v) is 3.41. The number of amides is 1. The molecule has 0 aliphatic heterocycles. The number of anilines is 1.